The molecule has 2 aliphatic heterocycles. The second kappa shape index (κ2) is 7.04. The van der Waals surface area contributed by atoms with Gasteiger partial charge in [-0.1, -0.05) is 0 Å². The summed E-state index contributed by atoms with van der Waals surface area (Å²) < 4.78 is 0. The van der Waals surface area contributed by atoms with Crippen molar-refractivity contribution >= 4 is 11.8 Å². The maximum atomic E-state index is 12.0. The largest absolute Gasteiger partial charge is 0.351 e. The van der Waals surface area contributed by atoms with Crippen LogP contribution < -0.4 is 11.1 Å². The van der Waals surface area contributed by atoms with Gasteiger partial charge in [-0.05, 0) is 26.2 Å². The Bertz CT molecular complexity index is 353. The Hall–Kier alpha value is -1.14. The predicted octanol–water partition coefficient (Wildman–Crippen LogP) is -0.463. The number of hydrogen-bond donors (Lipinski definition) is 2. The van der Waals surface area contributed by atoms with Crippen molar-refractivity contribution in [3.05, 3.63) is 0 Å². The van der Waals surface area contributed by atoms with Crippen LogP contribution in [0.2, 0.25) is 0 Å². The molecule has 2 saturated heterocycles. The molecule has 1 atom stereocenters. The molecule has 0 bridgehead atoms. The Labute approximate surface area is 120 Å². The summed E-state index contributed by atoms with van der Waals surface area (Å²) in [7, 11) is 0. The molecule has 0 saturated carbocycles. The molecule has 2 fully saturated rings. The van der Waals surface area contributed by atoms with Crippen LogP contribution in [0.5, 0.6) is 0 Å². The quantitative estimate of drug-likeness (QED) is 0.715. The number of nitrogens with one attached hydrogen (secondary N) is 1. The lowest BCUT2D eigenvalue weighted by Crippen LogP contribution is -2.48. The summed E-state index contributed by atoms with van der Waals surface area (Å²) in [4.78, 5) is 27.5. The van der Waals surface area contributed by atoms with Crippen molar-refractivity contribution in [2.45, 2.75) is 44.7 Å². The van der Waals surface area contributed by atoms with Gasteiger partial charge in [-0.15, -0.1) is 0 Å². The highest BCUT2D eigenvalue weighted by atomic mass is 16.2. The number of nitrogens with two attached hydrogens (primary N) is 1. The van der Waals surface area contributed by atoms with Gasteiger partial charge >= 0.3 is 0 Å². The number of rotatable bonds is 5. The molecule has 0 radical (unpaired) electrons. The summed E-state index contributed by atoms with van der Waals surface area (Å²) >= 11 is 0. The Morgan fingerprint density at radius 2 is 2.10 bits per heavy atom. The van der Waals surface area contributed by atoms with Crippen molar-refractivity contribution in [3.8, 4) is 0 Å². The van der Waals surface area contributed by atoms with Gasteiger partial charge in [0.2, 0.25) is 11.8 Å². The van der Waals surface area contributed by atoms with E-state index in [2.05, 4.69) is 10.2 Å². The van der Waals surface area contributed by atoms with Crippen LogP contribution >= 0.6 is 0 Å². The van der Waals surface area contributed by atoms with Crippen LogP contribution in [-0.2, 0) is 9.59 Å². The highest BCUT2D eigenvalue weighted by molar-refractivity contribution is 5.79. The number of hydrogen-bond acceptors (Lipinski definition) is 4. The summed E-state index contributed by atoms with van der Waals surface area (Å²) in [5.41, 5.74) is 5.85. The molecule has 2 rings (SSSR count). The second-order valence-corrected chi connectivity index (χ2v) is 6.03. The van der Waals surface area contributed by atoms with Crippen LogP contribution in [0.4, 0.5) is 0 Å². The third kappa shape index (κ3) is 4.45. The van der Waals surface area contributed by atoms with Gasteiger partial charge in [0.25, 0.3) is 0 Å². The van der Waals surface area contributed by atoms with Crippen molar-refractivity contribution in [3.63, 3.8) is 0 Å². The van der Waals surface area contributed by atoms with Crippen LogP contribution in [0.25, 0.3) is 0 Å². The Balaban J connectivity index is 1.67. The van der Waals surface area contributed by atoms with E-state index in [1.165, 1.54) is 0 Å². The van der Waals surface area contributed by atoms with Gasteiger partial charge in [-0.2, -0.15) is 0 Å². The summed E-state index contributed by atoms with van der Waals surface area (Å²) in [6, 6.07) is 0.297. The Kier molecular flexibility index (Phi) is 5.37. The number of carbonyl (C=O) groups is 2. The summed E-state index contributed by atoms with van der Waals surface area (Å²) in [6.07, 6.45) is 3.51. The van der Waals surface area contributed by atoms with Crippen molar-refractivity contribution in [2.24, 2.45) is 5.73 Å². The molecule has 0 aliphatic carbocycles. The van der Waals surface area contributed by atoms with Crippen molar-refractivity contribution < 1.29 is 9.59 Å². The van der Waals surface area contributed by atoms with E-state index in [0.717, 1.165) is 38.9 Å². The van der Waals surface area contributed by atoms with Crippen molar-refractivity contribution in [1.29, 1.82) is 0 Å². The molecule has 2 aliphatic rings. The Morgan fingerprint density at radius 3 is 2.70 bits per heavy atom. The molecule has 0 spiro atoms. The van der Waals surface area contributed by atoms with Gasteiger partial charge in [0, 0.05) is 44.7 Å². The normalized spacial score (nSPS) is 23.1. The number of piperidine rings is 1. The minimum atomic E-state index is 0.0107. The summed E-state index contributed by atoms with van der Waals surface area (Å²) in [5.74, 6) is 0.246. The third-order valence-corrected chi connectivity index (χ3v) is 4.07. The van der Waals surface area contributed by atoms with Gasteiger partial charge in [-0.25, -0.2) is 0 Å². The van der Waals surface area contributed by atoms with Crippen LogP contribution in [-0.4, -0.2) is 66.4 Å². The molecular formula is C14H26N4O2. The lowest BCUT2D eigenvalue weighted by molar-refractivity contribution is -0.129. The zero-order valence-corrected chi connectivity index (χ0v) is 12.3. The summed E-state index contributed by atoms with van der Waals surface area (Å²) in [6.45, 7) is 5.63. The number of nitrogens with zero attached hydrogens (tertiary/aromatic N) is 2. The lowest BCUT2D eigenvalue weighted by Gasteiger charge is -2.30. The molecule has 20 heavy (non-hydrogen) atoms. The minimum absolute atomic E-state index is 0.0107. The van der Waals surface area contributed by atoms with Crippen molar-refractivity contribution in [1.82, 2.24) is 15.1 Å². The lowest BCUT2D eigenvalue weighted by atomic mass is 10.1. The first-order valence-electron chi connectivity index (χ1n) is 7.59. The summed E-state index contributed by atoms with van der Waals surface area (Å²) in [5, 5.41) is 2.98. The highest BCUT2D eigenvalue weighted by Crippen LogP contribution is 2.10. The first-order valence-corrected chi connectivity index (χ1v) is 7.59. The zero-order chi connectivity index (χ0) is 14.5. The van der Waals surface area contributed by atoms with E-state index < -0.39 is 0 Å². The molecular weight excluding hydrogens is 256 g/mol. The van der Waals surface area contributed by atoms with Crippen LogP contribution in [0.1, 0.15) is 32.6 Å². The molecule has 6 nitrogen and oxygen atoms in total. The molecule has 2 heterocycles. The molecule has 2 amide bonds. The van der Waals surface area contributed by atoms with Crippen LogP contribution in [0.15, 0.2) is 0 Å². The fraction of sp³-hybridized carbons (Fsp3) is 0.857. The maximum absolute atomic E-state index is 12.0. The smallest absolute Gasteiger partial charge is 0.234 e. The standard InChI is InChI=1S/C14H26N4O2/c1-11(9-18-6-2-3-14(18)20)16-13(19)10-17-7-4-12(15)5-8-17/h11-12H,2-10,15H2,1H3,(H,16,19). The predicted molar refractivity (Wildman–Crippen MR) is 77.1 cm³/mol. The molecule has 6 heteroatoms. The van der Waals surface area contributed by atoms with E-state index >= 15 is 0 Å². The monoisotopic (exact) mass is 282 g/mol. The van der Waals surface area contributed by atoms with Gasteiger partial charge in [0.15, 0.2) is 0 Å². The first-order chi connectivity index (χ1) is 9.54. The topological polar surface area (TPSA) is 78.7 Å². The van der Waals surface area contributed by atoms with E-state index in [1.807, 2.05) is 11.8 Å². The van der Waals surface area contributed by atoms with E-state index in [1.54, 1.807) is 0 Å². The van der Waals surface area contributed by atoms with E-state index in [-0.39, 0.29) is 23.9 Å². The van der Waals surface area contributed by atoms with Gasteiger partial charge < -0.3 is 16.0 Å². The van der Waals surface area contributed by atoms with Gasteiger partial charge in [-0.3, -0.25) is 14.5 Å². The SMILES string of the molecule is CC(CN1CCCC1=O)NC(=O)CN1CCC(N)CC1. The van der Waals surface area contributed by atoms with Crippen molar-refractivity contribution in [2.75, 3.05) is 32.7 Å². The molecule has 3 N–H and O–H groups in total. The minimum Gasteiger partial charge on any atom is -0.351 e. The maximum Gasteiger partial charge on any atom is 0.234 e. The van der Waals surface area contributed by atoms with E-state index in [9.17, 15) is 9.59 Å². The number of amides is 2. The number of carbonyl (C=O) groups excluding carboxylic acids is 2. The Morgan fingerprint density at radius 1 is 1.40 bits per heavy atom. The van der Waals surface area contributed by atoms with E-state index in [0.29, 0.717) is 19.5 Å². The molecule has 114 valence electrons. The fourth-order valence-electron chi connectivity index (χ4n) is 2.91. The first kappa shape index (κ1) is 15.3. The van der Waals surface area contributed by atoms with Gasteiger partial charge in [0.1, 0.15) is 0 Å². The third-order valence-electron chi connectivity index (χ3n) is 4.07. The van der Waals surface area contributed by atoms with Gasteiger partial charge in [0.05, 0.1) is 6.54 Å². The highest BCUT2D eigenvalue weighted by Gasteiger charge is 2.23. The molecule has 0 aromatic carbocycles. The average molecular weight is 282 g/mol. The second-order valence-electron chi connectivity index (χ2n) is 6.03. The fourth-order valence-corrected chi connectivity index (χ4v) is 2.91. The molecule has 1 unspecified atom stereocenters. The molecule has 0 aromatic rings. The average Bonchev–Trinajstić information content (AvgIpc) is 2.77. The van der Waals surface area contributed by atoms with Crippen LogP contribution in [0.3, 0.4) is 0 Å². The van der Waals surface area contributed by atoms with E-state index in [4.69, 9.17) is 5.73 Å². The molecule has 0 aromatic heterocycles. The zero-order valence-electron chi connectivity index (χ0n) is 12.3. The van der Waals surface area contributed by atoms with Crippen LogP contribution in [0, 0.1) is 0 Å². The number of likely N-dealkylation sites (tertiary alicyclic amines) is 2.